The van der Waals surface area contributed by atoms with Gasteiger partial charge in [-0.2, -0.15) is 0 Å². The molecule has 2 heterocycles. The summed E-state index contributed by atoms with van der Waals surface area (Å²) in [6.45, 7) is 2.21. The van der Waals surface area contributed by atoms with Crippen LogP contribution in [-0.2, 0) is 6.42 Å². The molecule has 19 heavy (non-hydrogen) atoms. The fourth-order valence-electron chi connectivity index (χ4n) is 2.64. The maximum absolute atomic E-state index is 14.4. The molecule has 1 aromatic carbocycles. The third kappa shape index (κ3) is 2.72. The summed E-state index contributed by atoms with van der Waals surface area (Å²) in [6.07, 6.45) is 3.78. The minimum atomic E-state index is -0.224. The molecule has 5 heteroatoms. The highest BCUT2D eigenvalue weighted by Gasteiger charge is 2.23. The Balaban J connectivity index is 1.91. The zero-order valence-corrected chi connectivity index (χ0v) is 12.3. The minimum absolute atomic E-state index is 0.224. The van der Waals surface area contributed by atoms with Crippen molar-refractivity contribution < 1.29 is 13.9 Å². The molecule has 0 saturated carbocycles. The van der Waals surface area contributed by atoms with Crippen molar-refractivity contribution >= 4 is 15.9 Å². The number of hydrogen-bond acceptors (Lipinski definition) is 3. The third-order valence-electron chi connectivity index (χ3n) is 3.62. The standard InChI is InChI=1S/C14H17BrFNO2/c15-12-13(16)9(7-10-3-1-4-17-10)8-11-14(12)19-6-2-5-18-11/h8,10,17H,1-7H2. The monoisotopic (exact) mass is 329 g/mol. The molecule has 1 unspecified atom stereocenters. The molecule has 0 amide bonds. The Hall–Kier alpha value is -0.810. The molecule has 3 rings (SSSR count). The summed E-state index contributed by atoms with van der Waals surface area (Å²) in [6, 6.07) is 2.16. The van der Waals surface area contributed by atoms with Crippen molar-refractivity contribution in [3.63, 3.8) is 0 Å². The SMILES string of the molecule is Fc1c(CC2CCCN2)cc2c(c1Br)OCCCO2. The number of rotatable bonds is 2. The lowest BCUT2D eigenvalue weighted by Gasteiger charge is -2.16. The molecular weight excluding hydrogens is 313 g/mol. The van der Waals surface area contributed by atoms with Crippen LogP contribution in [0.15, 0.2) is 10.5 Å². The number of fused-ring (bicyclic) bond motifs is 1. The van der Waals surface area contributed by atoms with Gasteiger partial charge in [0.15, 0.2) is 11.5 Å². The Morgan fingerprint density at radius 3 is 2.95 bits per heavy atom. The number of benzene rings is 1. The van der Waals surface area contributed by atoms with Crippen LogP contribution >= 0.6 is 15.9 Å². The molecule has 1 N–H and O–H groups in total. The zero-order valence-electron chi connectivity index (χ0n) is 10.7. The Morgan fingerprint density at radius 1 is 1.32 bits per heavy atom. The van der Waals surface area contributed by atoms with Gasteiger partial charge in [-0.3, -0.25) is 0 Å². The first-order chi connectivity index (χ1) is 9.25. The molecule has 0 aromatic heterocycles. The largest absolute Gasteiger partial charge is 0.490 e. The van der Waals surface area contributed by atoms with Crippen LogP contribution in [0.1, 0.15) is 24.8 Å². The summed E-state index contributed by atoms with van der Waals surface area (Å²) >= 11 is 3.30. The average molecular weight is 330 g/mol. The Labute approximate surface area is 120 Å². The molecule has 1 fully saturated rings. The van der Waals surface area contributed by atoms with Gasteiger partial charge < -0.3 is 14.8 Å². The maximum Gasteiger partial charge on any atom is 0.178 e. The Bertz CT molecular complexity index is 475. The van der Waals surface area contributed by atoms with E-state index < -0.39 is 0 Å². The second-order valence-corrected chi connectivity index (χ2v) is 5.83. The Morgan fingerprint density at radius 2 is 2.16 bits per heavy atom. The van der Waals surface area contributed by atoms with Gasteiger partial charge in [0.2, 0.25) is 0 Å². The van der Waals surface area contributed by atoms with E-state index in [2.05, 4.69) is 21.2 Å². The van der Waals surface area contributed by atoms with Gasteiger partial charge in [-0.15, -0.1) is 0 Å². The first kappa shape index (κ1) is 13.2. The quantitative estimate of drug-likeness (QED) is 0.904. The van der Waals surface area contributed by atoms with Crippen molar-refractivity contribution in [1.29, 1.82) is 0 Å². The normalized spacial score (nSPS) is 22.3. The summed E-state index contributed by atoms with van der Waals surface area (Å²) in [4.78, 5) is 0. The second kappa shape index (κ2) is 5.67. The summed E-state index contributed by atoms with van der Waals surface area (Å²) in [7, 11) is 0. The first-order valence-corrected chi connectivity index (χ1v) is 7.55. The lowest BCUT2D eigenvalue weighted by molar-refractivity contribution is 0.296. The van der Waals surface area contributed by atoms with Crippen LogP contribution in [0.3, 0.4) is 0 Å². The first-order valence-electron chi connectivity index (χ1n) is 6.75. The van der Waals surface area contributed by atoms with Crippen molar-refractivity contribution in [1.82, 2.24) is 5.32 Å². The van der Waals surface area contributed by atoms with Gasteiger partial charge in [0.1, 0.15) is 5.82 Å². The second-order valence-electron chi connectivity index (χ2n) is 5.04. The van der Waals surface area contributed by atoms with Gasteiger partial charge in [-0.1, -0.05) is 0 Å². The van der Waals surface area contributed by atoms with Gasteiger partial charge >= 0.3 is 0 Å². The van der Waals surface area contributed by atoms with E-state index in [1.807, 2.05) is 0 Å². The predicted octanol–water partition coefficient (Wildman–Crippen LogP) is 3.04. The van der Waals surface area contributed by atoms with Crippen LogP contribution in [0.5, 0.6) is 11.5 Å². The molecule has 3 nitrogen and oxygen atoms in total. The number of ether oxygens (including phenoxy) is 2. The highest BCUT2D eigenvalue weighted by Crippen LogP contribution is 2.41. The summed E-state index contributed by atoms with van der Waals surface area (Å²) < 4.78 is 26.0. The molecule has 0 radical (unpaired) electrons. The van der Waals surface area contributed by atoms with E-state index in [0.717, 1.165) is 25.8 Å². The van der Waals surface area contributed by atoms with Crippen LogP contribution in [-0.4, -0.2) is 25.8 Å². The van der Waals surface area contributed by atoms with Gasteiger partial charge in [-0.05, 0) is 53.4 Å². The highest BCUT2D eigenvalue weighted by molar-refractivity contribution is 9.10. The lowest BCUT2D eigenvalue weighted by Crippen LogP contribution is -2.24. The zero-order chi connectivity index (χ0) is 13.2. The van der Waals surface area contributed by atoms with Crippen molar-refractivity contribution in [3.8, 4) is 11.5 Å². The summed E-state index contributed by atoms with van der Waals surface area (Å²) in [5, 5.41) is 3.39. The molecule has 2 aliphatic heterocycles. The number of hydrogen-bond donors (Lipinski definition) is 1. The van der Waals surface area contributed by atoms with E-state index >= 15 is 0 Å². The van der Waals surface area contributed by atoms with E-state index in [0.29, 0.717) is 47.2 Å². The van der Waals surface area contributed by atoms with Crippen LogP contribution in [0, 0.1) is 5.82 Å². The molecule has 2 aliphatic rings. The summed E-state index contributed by atoms with van der Waals surface area (Å²) in [5.74, 6) is 0.926. The van der Waals surface area contributed by atoms with Crippen molar-refractivity contribution in [3.05, 3.63) is 21.9 Å². The molecule has 1 aromatic rings. The third-order valence-corrected chi connectivity index (χ3v) is 4.33. The van der Waals surface area contributed by atoms with Crippen LogP contribution in [0.2, 0.25) is 0 Å². The molecule has 0 spiro atoms. The van der Waals surface area contributed by atoms with E-state index in [9.17, 15) is 4.39 Å². The molecule has 1 saturated heterocycles. The van der Waals surface area contributed by atoms with Crippen LogP contribution in [0.25, 0.3) is 0 Å². The molecular formula is C14H17BrFNO2. The molecule has 0 bridgehead atoms. The summed E-state index contributed by atoms with van der Waals surface area (Å²) in [5.41, 5.74) is 0.690. The Kier molecular flexibility index (Phi) is 3.93. The van der Waals surface area contributed by atoms with Gasteiger partial charge in [0.25, 0.3) is 0 Å². The fraction of sp³-hybridized carbons (Fsp3) is 0.571. The van der Waals surface area contributed by atoms with Gasteiger partial charge in [0.05, 0.1) is 17.7 Å². The van der Waals surface area contributed by atoms with E-state index in [1.165, 1.54) is 0 Å². The molecule has 1 atom stereocenters. The predicted molar refractivity (Wildman–Crippen MR) is 74.4 cm³/mol. The van der Waals surface area contributed by atoms with Crippen LogP contribution < -0.4 is 14.8 Å². The van der Waals surface area contributed by atoms with Crippen molar-refractivity contribution in [2.45, 2.75) is 31.7 Å². The van der Waals surface area contributed by atoms with E-state index in [4.69, 9.17) is 9.47 Å². The average Bonchev–Trinajstić information content (AvgIpc) is 2.80. The van der Waals surface area contributed by atoms with E-state index in [-0.39, 0.29) is 5.82 Å². The topological polar surface area (TPSA) is 30.5 Å². The maximum atomic E-state index is 14.4. The molecule has 104 valence electrons. The lowest BCUT2D eigenvalue weighted by atomic mass is 10.0. The van der Waals surface area contributed by atoms with Gasteiger partial charge in [0, 0.05) is 12.5 Å². The van der Waals surface area contributed by atoms with Gasteiger partial charge in [-0.25, -0.2) is 4.39 Å². The molecule has 0 aliphatic carbocycles. The van der Waals surface area contributed by atoms with E-state index in [1.54, 1.807) is 6.07 Å². The number of nitrogens with one attached hydrogen (secondary N) is 1. The number of halogens is 2. The van der Waals surface area contributed by atoms with Crippen molar-refractivity contribution in [2.24, 2.45) is 0 Å². The van der Waals surface area contributed by atoms with Crippen molar-refractivity contribution in [2.75, 3.05) is 19.8 Å². The minimum Gasteiger partial charge on any atom is -0.490 e. The highest BCUT2D eigenvalue weighted by atomic mass is 79.9. The smallest absolute Gasteiger partial charge is 0.178 e. The van der Waals surface area contributed by atoms with Crippen LogP contribution in [0.4, 0.5) is 4.39 Å². The fourth-order valence-corrected chi connectivity index (χ4v) is 3.20.